The van der Waals surface area contributed by atoms with Gasteiger partial charge < -0.3 is 5.32 Å². The Kier molecular flexibility index (Phi) is 6.26. The maximum absolute atomic E-state index is 12.0. The molecule has 0 spiro atoms. The Morgan fingerprint density at radius 1 is 1.29 bits per heavy atom. The molecule has 1 aromatic heterocycles. The van der Waals surface area contributed by atoms with Gasteiger partial charge in [-0.05, 0) is 13.3 Å². The third-order valence-electron chi connectivity index (χ3n) is 2.86. The summed E-state index contributed by atoms with van der Waals surface area (Å²) in [6, 6.07) is -0.611. The van der Waals surface area contributed by atoms with Gasteiger partial charge in [0.2, 0.25) is 16.9 Å². The topological polar surface area (TPSA) is 84.0 Å². The smallest absolute Gasteiger partial charge is 0.248 e. The standard InChI is InChI=1S/C14H24N4O2S/c1-6-7-8-10-17-18-13(21-10)16-11(19)9(2)15-12(20)14(3,4)5/h9H,6-8H2,1-5H3,(H,15,20)(H,16,18,19). The second kappa shape index (κ2) is 7.49. The Bertz CT molecular complexity index is 493. The zero-order chi connectivity index (χ0) is 16.0. The van der Waals surface area contributed by atoms with Crippen molar-refractivity contribution in [1.29, 1.82) is 0 Å². The fourth-order valence-corrected chi connectivity index (χ4v) is 2.21. The maximum Gasteiger partial charge on any atom is 0.248 e. The predicted molar refractivity (Wildman–Crippen MR) is 84.2 cm³/mol. The summed E-state index contributed by atoms with van der Waals surface area (Å²) in [5.41, 5.74) is -0.523. The summed E-state index contributed by atoms with van der Waals surface area (Å²) >= 11 is 1.38. The molecule has 0 saturated carbocycles. The molecule has 0 aromatic carbocycles. The molecular weight excluding hydrogens is 288 g/mol. The molecule has 0 aliphatic heterocycles. The van der Waals surface area contributed by atoms with E-state index in [1.807, 2.05) is 0 Å². The van der Waals surface area contributed by atoms with Gasteiger partial charge in [0.1, 0.15) is 11.0 Å². The van der Waals surface area contributed by atoms with Crippen molar-refractivity contribution in [2.45, 2.75) is 59.9 Å². The fourth-order valence-electron chi connectivity index (χ4n) is 1.43. The van der Waals surface area contributed by atoms with Crippen molar-refractivity contribution in [2.24, 2.45) is 5.41 Å². The van der Waals surface area contributed by atoms with Gasteiger partial charge in [-0.15, -0.1) is 10.2 Å². The molecule has 1 atom stereocenters. The minimum atomic E-state index is -0.611. The van der Waals surface area contributed by atoms with E-state index < -0.39 is 11.5 Å². The van der Waals surface area contributed by atoms with E-state index in [0.29, 0.717) is 5.13 Å². The minimum absolute atomic E-state index is 0.161. The number of aromatic nitrogens is 2. The average Bonchev–Trinajstić information content (AvgIpc) is 2.82. The normalized spacial score (nSPS) is 12.8. The number of nitrogens with zero attached hydrogens (tertiary/aromatic N) is 2. The van der Waals surface area contributed by atoms with Crippen LogP contribution in [-0.2, 0) is 16.0 Å². The van der Waals surface area contributed by atoms with Crippen LogP contribution in [0.15, 0.2) is 0 Å². The number of carbonyl (C=O) groups is 2. The highest BCUT2D eigenvalue weighted by atomic mass is 32.1. The first-order valence-corrected chi connectivity index (χ1v) is 8.00. The van der Waals surface area contributed by atoms with Gasteiger partial charge in [-0.25, -0.2) is 0 Å². The predicted octanol–water partition coefficient (Wildman–Crippen LogP) is 2.37. The highest BCUT2D eigenvalue weighted by Crippen LogP contribution is 2.17. The number of hydrogen-bond donors (Lipinski definition) is 2. The Labute approximate surface area is 129 Å². The van der Waals surface area contributed by atoms with Gasteiger partial charge in [0.05, 0.1) is 0 Å². The van der Waals surface area contributed by atoms with E-state index in [0.717, 1.165) is 24.3 Å². The summed E-state index contributed by atoms with van der Waals surface area (Å²) < 4.78 is 0. The minimum Gasteiger partial charge on any atom is -0.344 e. The third-order valence-corrected chi connectivity index (χ3v) is 3.76. The van der Waals surface area contributed by atoms with Crippen LogP contribution in [0, 0.1) is 5.41 Å². The lowest BCUT2D eigenvalue weighted by atomic mass is 9.95. The zero-order valence-corrected chi connectivity index (χ0v) is 14.1. The molecule has 1 unspecified atom stereocenters. The van der Waals surface area contributed by atoms with Crippen LogP contribution in [0.3, 0.4) is 0 Å². The molecule has 6 nitrogen and oxygen atoms in total. The number of rotatable bonds is 6. The highest BCUT2D eigenvalue weighted by Gasteiger charge is 2.25. The van der Waals surface area contributed by atoms with Crippen LogP contribution in [0.1, 0.15) is 52.5 Å². The molecule has 2 amide bonds. The van der Waals surface area contributed by atoms with Crippen molar-refractivity contribution in [3.8, 4) is 0 Å². The van der Waals surface area contributed by atoms with Crippen molar-refractivity contribution in [2.75, 3.05) is 5.32 Å². The maximum atomic E-state index is 12.0. The van der Waals surface area contributed by atoms with E-state index in [4.69, 9.17) is 0 Å². The van der Waals surface area contributed by atoms with E-state index in [1.165, 1.54) is 11.3 Å². The van der Waals surface area contributed by atoms with E-state index >= 15 is 0 Å². The van der Waals surface area contributed by atoms with Crippen LogP contribution >= 0.6 is 11.3 Å². The third kappa shape index (κ3) is 5.79. The fraction of sp³-hybridized carbons (Fsp3) is 0.714. The molecule has 0 saturated heterocycles. The SMILES string of the molecule is CCCCc1nnc(NC(=O)C(C)NC(=O)C(C)(C)C)s1. The summed E-state index contributed by atoms with van der Waals surface area (Å²) in [6.07, 6.45) is 3.03. The van der Waals surface area contributed by atoms with Crippen LogP contribution in [0.4, 0.5) is 5.13 Å². The Balaban J connectivity index is 2.52. The summed E-state index contributed by atoms with van der Waals surface area (Å²) in [5.74, 6) is -0.447. The number of aryl methyl sites for hydroxylation is 1. The van der Waals surface area contributed by atoms with Crippen molar-refractivity contribution < 1.29 is 9.59 Å². The van der Waals surface area contributed by atoms with Crippen LogP contribution < -0.4 is 10.6 Å². The summed E-state index contributed by atoms with van der Waals surface area (Å²) in [6.45, 7) is 9.18. The molecule has 2 N–H and O–H groups in total. The van der Waals surface area contributed by atoms with E-state index in [1.54, 1.807) is 27.7 Å². The largest absolute Gasteiger partial charge is 0.344 e. The first-order valence-electron chi connectivity index (χ1n) is 7.18. The van der Waals surface area contributed by atoms with Gasteiger partial charge in [0.25, 0.3) is 0 Å². The molecule has 1 heterocycles. The Hall–Kier alpha value is -1.50. The lowest BCUT2D eigenvalue weighted by Gasteiger charge is -2.21. The van der Waals surface area contributed by atoms with E-state index in [2.05, 4.69) is 27.8 Å². The van der Waals surface area contributed by atoms with Crippen LogP contribution in [0.5, 0.6) is 0 Å². The van der Waals surface area contributed by atoms with Gasteiger partial charge in [-0.1, -0.05) is 45.5 Å². The van der Waals surface area contributed by atoms with Crippen LogP contribution in [0.25, 0.3) is 0 Å². The van der Waals surface area contributed by atoms with Crippen molar-refractivity contribution in [1.82, 2.24) is 15.5 Å². The van der Waals surface area contributed by atoms with E-state index in [-0.39, 0.29) is 11.8 Å². The number of hydrogen-bond acceptors (Lipinski definition) is 5. The lowest BCUT2D eigenvalue weighted by Crippen LogP contribution is -2.46. The molecule has 0 fully saturated rings. The van der Waals surface area contributed by atoms with Gasteiger partial charge in [0.15, 0.2) is 0 Å². The molecule has 0 aliphatic rings. The van der Waals surface area contributed by atoms with Gasteiger partial charge in [0, 0.05) is 11.8 Å². The molecule has 1 rings (SSSR count). The van der Waals surface area contributed by atoms with Crippen molar-refractivity contribution in [3.05, 3.63) is 5.01 Å². The van der Waals surface area contributed by atoms with Crippen molar-refractivity contribution >= 4 is 28.3 Å². The van der Waals surface area contributed by atoms with Gasteiger partial charge in [-0.3, -0.25) is 14.9 Å². The molecule has 21 heavy (non-hydrogen) atoms. The molecule has 1 aromatic rings. The van der Waals surface area contributed by atoms with Gasteiger partial charge in [-0.2, -0.15) is 0 Å². The monoisotopic (exact) mass is 312 g/mol. The lowest BCUT2D eigenvalue weighted by molar-refractivity contribution is -0.131. The Morgan fingerprint density at radius 3 is 2.52 bits per heavy atom. The molecular formula is C14H24N4O2S. The Morgan fingerprint density at radius 2 is 1.95 bits per heavy atom. The van der Waals surface area contributed by atoms with Crippen molar-refractivity contribution in [3.63, 3.8) is 0 Å². The average molecular weight is 312 g/mol. The van der Waals surface area contributed by atoms with Gasteiger partial charge >= 0.3 is 0 Å². The summed E-state index contributed by atoms with van der Waals surface area (Å²) in [7, 11) is 0. The second-order valence-corrected chi connectivity index (χ2v) is 7.10. The number of nitrogens with one attached hydrogen (secondary N) is 2. The molecule has 118 valence electrons. The highest BCUT2D eigenvalue weighted by molar-refractivity contribution is 7.15. The number of amides is 2. The molecule has 0 radical (unpaired) electrons. The zero-order valence-electron chi connectivity index (χ0n) is 13.3. The molecule has 0 bridgehead atoms. The quantitative estimate of drug-likeness (QED) is 0.844. The summed E-state index contributed by atoms with van der Waals surface area (Å²) in [4.78, 5) is 23.8. The van der Waals surface area contributed by atoms with E-state index in [9.17, 15) is 9.59 Å². The first-order chi connectivity index (χ1) is 9.74. The first kappa shape index (κ1) is 17.6. The number of unbranched alkanes of at least 4 members (excludes halogenated alkanes) is 1. The summed E-state index contributed by atoms with van der Waals surface area (Å²) in [5, 5.41) is 14.7. The molecule has 7 heteroatoms. The van der Waals surface area contributed by atoms with Crippen LogP contribution in [-0.4, -0.2) is 28.1 Å². The molecule has 0 aliphatic carbocycles. The number of anilines is 1. The second-order valence-electron chi connectivity index (χ2n) is 6.04. The number of carbonyl (C=O) groups excluding carboxylic acids is 2. The van der Waals surface area contributed by atoms with Crippen LogP contribution in [0.2, 0.25) is 0 Å².